The first-order valence-electron chi connectivity index (χ1n) is 7.99. The summed E-state index contributed by atoms with van der Waals surface area (Å²) in [7, 11) is 0. The van der Waals surface area contributed by atoms with Crippen LogP contribution in [0.1, 0.15) is 57.1 Å². The highest BCUT2D eigenvalue weighted by molar-refractivity contribution is 5.32. The highest BCUT2D eigenvalue weighted by atomic mass is 16.3. The minimum Gasteiger partial charge on any atom is -0.389 e. The van der Waals surface area contributed by atoms with Crippen LogP contribution in [-0.2, 0) is 6.42 Å². The second-order valence-corrected chi connectivity index (χ2v) is 7.01. The van der Waals surface area contributed by atoms with Crippen molar-refractivity contribution in [3.8, 4) is 0 Å². The first kappa shape index (κ1) is 15.5. The maximum absolute atomic E-state index is 10.3. The highest BCUT2D eigenvalue weighted by Crippen LogP contribution is 2.30. The van der Waals surface area contributed by atoms with E-state index < -0.39 is 5.60 Å². The molecule has 2 heteroatoms. The van der Waals surface area contributed by atoms with Crippen molar-refractivity contribution in [2.75, 3.05) is 13.1 Å². The third-order valence-electron chi connectivity index (χ3n) is 4.24. The summed E-state index contributed by atoms with van der Waals surface area (Å²) >= 11 is 0. The van der Waals surface area contributed by atoms with Gasteiger partial charge in [0.15, 0.2) is 0 Å². The Hall–Kier alpha value is -0.860. The third-order valence-corrected chi connectivity index (χ3v) is 4.24. The van der Waals surface area contributed by atoms with Crippen LogP contribution < -0.4 is 5.32 Å². The third kappa shape index (κ3) is 4.32. The highest BCUT2D eigenvalue weighted by Gasteiger charge is 2.23. The molecular formula is C18H29NO. The van der Waals surface area contributed by atoms with Crippen LogP contribution in [0, 0.1) is 5.92 Å². The van der Waals surface area contributed by atoms with Crippen LogP contribution >= 0.6 is 0 Å². The number of hydrogen-bond acceptors (Lipinski definition) is 2. The lowest BCUT2D eigenvalue weighted by Gasteiger charge is -2.29. The minimum atomic E-state index is -0.595. The Balaban J connectivity index is 1.86. The van der Waals surface area contributed by atoms with Crippen LogP contribution in [0.25, 0.3) is 0 Å². The van der Waals surface area contributed by atoms with Crippen molar-refractivity contribution in [3.05, 3.63) is 35.4 Å². The average molecular weight is 275 g/mol. The SMILES string of the molecule is CC(C)CC(C)(O)CNCC1CCCc2ccccc21. The van der Waals surface area contributed by atoms with E-state index in [2.05, 4.69) is 43.4 Å². The summed E-state index contributed by atoms with van der Waals surface area (Å²) in [5.41, 5.74) is 2.43. The van der Waals surface area contributed by atoms with Crippen molar-refractivity contribution in [1.82, 2.24) is 5.32 Å². The molecule has 0 fully saturated rings. The van der Waals surface area contributed by atoms with Crippen LogP contribution in [0.3, 0.4) is 0 Å². The fraction of sp³-hybridized carbons (Fsp3) is 0.667. The number of benzene rings is 1. The molecule has 2 atom stereocenters. The molecule has 2 rings (SSSR count). The maximum atomic E-state index is 10.3. The molecule has 0 aliphatic heterocycles. The van der Waals surface area contributed by atoms with Gasteiger partial charge in [-0.2, -0.15) is 0 Å². The summed E-state index contributed by atoms with van der Waals surface area (Å²) in [4.78, 5) is 0. The van der Waals surface area contributed by atoms with E-state index in [1.807, 2.05) is 6.92 Å². The van der Waals surface area contributed by atoms with E-state index >= 15 is 0 Å². The molecule has 112 valence electrons. The molecular weight excluding hydrogens is 246 g/mol. The Kier molecular flexibility index (Phi) is 5.22. The standard InChI is InChI=1S/C18H29NO/c1-14(2)11-18(3,20)13-19-12-16-9-6-8-15-7-4-5-10-17(15)16/h4-5,7,10,14,16,19-20H,6,8-9,11-13H2,1-3H3. The second-order valence-electron chi connectivity index (χ2n) is 7.01. The quantitative estimate of drug-likeness (QED) is 0.833. The van der Waals surface area contributed by atoms with Gasteiger partial charge in [-0.25, -0.2) is 0 Å². The summed E-state index contributed by atoms with van der Waals surface area (Å²) < 4.78 is 0. The zero-order valence-electron chi connectivity index (χ0n) is 13.2. The van der Waals surface area contributed by atoms with E-state index in [-0.39, 0.29) is 0 Å². The summed E-state index contributed by atoms with van der Waals surface area (Å²) in [5, 5.41) is 13.8. The monoisotopic (exact) mass is 275 g/mol. The molecule has 0 heterocycles. The maximum Gasteiger partial charge on any atom is 0.0746 e. The molecule has 2 N–H and O–H groups in total. The van der Waals surface area contributed by atoms with Gasteiger partial charge < -0.3 is 10.4 Å². The summed E-state index contributed by atoms with van der Waals surface area (Å²) in [6.45, 7) is 7.92. The lowest BCUT2D eigenvalue weighted by atomic mass is 9.82. The molecule has 0 saturated heterocycles. The van der Waals surface area contributed by atoms with Crippen molar-refractivity contribution >= 4 is 0 Å². The number of nitrogens with one attached hydrogen (secondary N) is 1. The first-order chi connectivity index (χ1) is 9.48. The average Bonchev–Trinajstić information content (AvgIpc) is 2.37. The molecule has 0 bridgehead atoms. The van der Waals surface area contributed by atoms with Crippen molar-refractivity contribution in [2.45, 2.75) is 58.0 Å². The summed E-state index contributed by atoms with van der Waals surface area (Å²) in [5.74, 6) is 1.14. The number of aliphatic hydroxyl groups is 1. The molecule has 0 amide bonds. The van der Waals surface area contributed by atoms with E-state index in [0.29, 0.717) is 18.4 Å². The van der Waals surface area contributed by atoms with E-state index in [0.717, 1.165) is 13.0 Å². The van der Waals surface area contributed by atoms with Gasteiger partial charge in [-0.3, -0.25) is 0 Å². The van der Waals surface area contributed by atoms with Gasteiger partial charge in [0.2, 0.25) is 0 Å². The smallest absolute Gasteiger partial charge is 0.0746 e. The van der Waals surface area contributed by atoms with Crippen LogP contribution in [0.5, 0.6) is 0 Å². The zero-order valence-corrected chi connectivity index (χ0v) is 13.2. The lowest BCUT2D eigenvalue weighted by Crippen LogP contribution is -2.40. The van der Waals surface area contributed by atoms with E-state index in [9.17, 15) is 5.11 Å². The van der Waals surface area contributed by atoms with Gasteiger partial charge in [0.05, 0.1) is 5.60 Å². The number of rotatable bonds is 6. The molecule has 1 aromatic carbocycles. The molecule has 0 spiro atoms. The Morgan fingerprint density at radius 1 is 1.35 bits per heavy atom. The summed E-state index contributed by atoms with van der Waals surface area (Å²) in [6, 6.07) is 8.82. The molecule has 20 heavy (non-hydrogen) atoms. The fourth-order valence-corrected chi connectivity index (χ4v) is 3.53. The van der Waals surface area contributed by atoms with E-state index in [4.69, 9.17) is 0 Å². The molecule has 0 saturated carbocycles. The predicted octanol–water partition coefficient (Wildman–Crippen LogP) is 3.49. The van der Waals surface area contributed by atoms with Gasteiger partial charge >= 0.3 is 0 Å². The fourth-order valence-electron chi connectivity index (χ4n) is 3.53. The predicted molar refractivity (Wildman–Crippen MR) is 85.1 cm³/mol. The largest absolute Gasteiger partial charge is 0.389 e. The molecule has 1 aromatic rings. The number of fused-ring (bicyclic) bond motifs is 1. The van der Waals surface area contributed by atoms with Crippen LogP contribution in [0.2, 0.25) is 0 Å². The van der Waals surface area contributed by atoms with Crippen LogP contribution in [-0.4, -0.2) is 23.8 Å². The van der Waals surface area contributed by atoms with Gasteiger partial charge in [-0.05, 0) is 55.6 Å². The molecule has 1 aliphatic rings. The van der Waals surface area contributed by atoms with Gasteiger partial charge in [-0.15, -0.1) is 0 Å². The Bertz CT molecular complexity index is 425. The van der Waals surface area contributed by atoms with Gasteiger partial charge in [0.1, 0.15) is 0 Å². The van der Waals surface area contributed by atoms with Crippen LogP contribution in [0.4, 0.5) is 0 Å². The van der Waals surface area contributed by atoms with Gasteiger partial charge in [0, 0.05) is 13.1 Å². The molecule has 0 aromatic heterocycles. The van der Waals surface area contributed by atoms with Crippen molar-refractivity contribution < 1.29 is 5.11 Å². The molecule has 0 radical (unpaired) electrons. The first-order valence-corrected chi connectivity index (χ1v) is 7.99. The lowest BCUT2D eigenvalue weighted by molar-refractivity contribution is 0.0383. The topological polar surface area (TPSA) is 32.3 Å². The van der Waals surface area contributed by atoms with Crippen molar-refractivity contribution in [2.24, 2.45) is 5.92 Å². The second kappa shape index (κ2) is 6.73. The number of hydrogen-bond donors (Lipinski definition) is 2. The number of aryl methyl sites for hydroxylation is 1. The zero-order chi connectivity index (χ0) is 14.6. The molecule has 1 aliphatic carbocycles. The Morgan fingerprint density at radius 2 is 2.10 bits per heavy atom. The van der Waals surface area contributed by atoms with Gasteiger partial charge in [0.25, 0.3) is 0 Å². The summed E-state index contributed by atoms with van der Waals surface area (Å²) in [6.07, 6.45) is 4.61. The Morgan fingerprint density at radius 3 is 2.85 bits per heavy atom. The van der Waals surface area contributed by atoms with Crippen LogP contribution in [0.15, 0.2) is 24.3 Å². The minimum absolute atomic E-state index is 0.530. The normalized spacial score (nSPS) is 21.6. The van der Waals surface area contributed by atoms with Crippen molar-refractivity contribution in [1.29, 1.82) is 0 Å². The van der Waals surface area contributed by atoms with Crippen molar-refractivity contribution in [3.63, 3.8) is 0 Å². The van der Waals surface area contributed by atoms with E-state index in [1.54, 1.807) is 0 Å². The molecule has 2 unspecified atom stereocenters. The van der Waals surface area contributed by atoms with E-state index in [1.165, 1.54) is 30.4 Å². The Labute approximate surface area is 123 Å². The van der Waals surface area contributed by atoms with Gasteiger partial charge in [-0.1, -0.05) is 38.1 Å². The molecule has 2 nitrogen and oxygen atoms in total.